The highest BCUT2D eigenvalue weighted by Gasteiger charge is 2.01. The standard InChI is InChI=1S/C11H13N.CH3F/c1-8(2)10-4-5-11(7-12)9(3)6-10;1-2/h4-6,8H,1-3H3;1H3. The zero-order valence-electron chi connectivity index (χ0n) is 9.13. The van der Waals surface area contributed by atoms with E-state index in [4.69, 9.17) is 5.26 Å². The number of aryl methyl sites for hydroxylation is 1. The average Bonchev–Trinajstić information content (AvgIpc) is 2.20. The maximum atomic E-state index is 9.50. The first-order valence-electron chi connectivity index (χ1n) is 4.53. The Morgan fingerprint density at radius 2 is 1.86 bits per heavy atom. The van der Waals surface area contributed by atoms with E-state index in [0.717, 1.165) is 11.1 Å². The Hall–Kier alpha value is -1.36. The number of nitriles is 1. The Balaban J connectivity index is 0.000000791. The molecule has 0 aliphatic rings. The molecule has 76 valence electrons. The van der Waals surface area contributed by atoms with Gasteiger partial charge in [-0.25, -0.2) is 0 Å². The van der Waals surface area contributed by atoms with E-state index in [1.54, 1.807) is 0 Å². The van der Waals surface area contributed by atoms with Gasteiger partial charge in [-0.1, -0.05) is 26.0 Å². The van der Waals surface area contributed by atoms with E-state index in [1.807, 2.05) is 19.1 Å². The summed E-state index contributed by atoms with van der Waals surface area (Å²) in [5.41, 5.74) is 3.15. The lowest BCUT2D eigenvalue weighted by Gasteiger charge is -2.06. The van der Waals surface area contributed by atoms with Crippen molar-refractivity contribution in [1.29, 1.82) is 5.26 Å². The van der Waals surface area contributed by atoms with Crippen LogP contribution in [0, 0.1) is 18.3 Å². The molecule has 0 aromatic heterocycles. The van der Waals surface area contributed by atoms with Crippen LogP contribution in [0.2, 0.25) is 0 Å². The molecule has 0 atom stereocenters. The Bertz CT molecular complexity index is 324. The van der Waals surface area contributed by atoms with Gasteiger partial charge in [0.05, 0.1) is 18.8 Å². The van der Waals surface area contributed by atoms with Gasteiger partial charge in [-0.15, -0.1) is 0 Å². The molecule has 0 bridgehead atoms. The van der Waals surface area contributed by atoms with Gasteiger partial charge < -0.3 is 0 Å². The molecule has 0 heterocycles. The van der Waals surface area contributed by atoms with E-state index in [1.165, 1.54) is 5.56 Å². The topological polar surface area (TPSA) is 23.8 Å². The molecule has 0 spiro atoms. The van der Waals surface area contributed by atoms with Gasteiger partial charge in [-0.2, -0.15) is 5.26 Å². The Morgan fingerprint density at radius 3 is 2.21 bits per heavy atom. The summed E-state index contributed by atoms with van der Waals surface area (Å²) in [6, 6.07) is 8.17. The third kappa shape index (κ3) is 3.18. The Kier molecular flexibility index (Phi) is 5.55. The second kappa shape index (κ2) is 6.15. The molecule has 14 heavy (non-hydrogen) atoms. The van der Waals surface area contributed by atoms with Crippen LogP contribution in [0.25, 0.3) is 0 Å². The molecule has 0 aliphatic carbocycles. The first-order chi connectivity index (χ1) is 6.65. The molecule has 0 unspecified atom stereocenters. The first kappa shape index (κ1) is 12.6. The van der Waals surface area contributed by atoms with Crippen molar-refractivity contribution in [2.75, 3.05) is 7.18 Å². The van der Waals surface area contributed by atoms with Crippen LogP contribution in [0.5, 0.6) is 0 Å². The molecule has 1 nitrogen and oxygen atoms in total. The minimum absolute atomic E-state index is 0.500. The van der Waals surface area contributed by atoms with Crippen molar-refractivity contribution >= 4 is 0 Å². The predicted molar refractivity (Wildman–Crippen MR) is 57.0 cm³/mol. The highest BCUT2D eigenvalue weighted by atomic mass is 19.1. The molecule has 1 aromatic carbocycles. The lowest BCUT2D eigenvalue weighted by Crippen LogP contribution is -1.90. The monoisotopic (exact) mass is 193 g/mol. The molecular weight excluding hydrogens is 177 g/mol. The van der Waals surface area contributed by atoms with Crippen LogP contribution >= 0.6 is 0 Å². The quantitative estimate of drug-likeness (QED) is 0.668. The van der Waals surface area contributed by atoms with Gasteiger partial charge in [0.2, 0.25) is 0 Å². The number of alkyl halides is 1. The van der Waals surface area contributed by atoms with E-state index in [2.05, 4.69) is 26.0 Å². The first-order valence-corrected chi connectivity index (χ1v) is 4.53. The van der Waals surface area contributed by atoms with Crippen LogP contribution in [-0.2, 0) is 0 Å². The summed E-state index contributed by atoms with van der Waals surface area (Å²) in [5.74, 6) is 0.538. The van der Waals surface area contributed by atoms with Crippen LogP contribution in [-0.4, -0.2) is 7.18 Å². The number of rotatable bonds is 1. The van der Waals surface area contributed by atoms with Gasteiger partial charge in [-0.05, 0) is 30.0 Å². The van der Waals surface area contributed by atoms with Crippen LogP contribution in [0.15, 0.2) is 18.2 Å². The molecule has 0 saturated carbocycles. The molecule has 2 heteroatoms. The van der Waals surface area contributed by atoms with Crippen LogP contribution in [0.4, 0.5) is 4.39 Å². The summed E-state index contributed by atoms with van der Waals surface area (Å²) >= 11 is 0. The number of halogens is 1. The fraction of sp³-hybridized carbons (Fsp3) is 0.417. The van der Waals surface area contributed by atoms with Crippen molar-refractivity contribution in [3.05, 3.63) is 34.9 Å². The molecule has 0 radical (unpaired) electrons. The molecule has 0 amide bonds. The van der Waals surface area contributed by atoms with Crippen LogP contribution in [0.1, 0.15) is 36.5 Å². The molecule has 0 N–H and O–H groups in total. The van der Waals surface area contributed by atoms with Crippen molar-refractivity contribution in [1.82, 2.24) is 0 Å². The second-order valence-electron chi connectivity index (χ2n) is 3.34. The van der Waals surface area contributed by atoms with Gasteiger partial charge in [0.15, 0.2) is 0 Å². The van der Waals surface area contributed by atoms with Crippen LogP contribution < -0.4 is 0 Å². The summed E-state index contributed by atoms with van der Waals surface area (Å²) in [6.45, 7) is 6.28. The lowest BCUT2D eigenvalue weighted by molar-refractivity contribution is 0.636. The fourth-order valence-electron chi connectivity index (χ4n) is 1.17. The van der Waals surface area contributed by atoms with E-state index in [-0.39, 0.29) is 0 Å². The molecule has 0 fully saturated rings. The fourth-order valence-corrected chi connectivity index (χ4v) is 1.17. The average molecular weight is 193 g/mol. The van der Waals surface area contributed by atoms with E-state index in [0.29, 0.717) is 13.1 Å². The van der Waals surface area contributed by atoms with Gasteiger partial charge in [-0.3, -0.25) is 4.39 Å². The smallest absolute Gasteiger partial charge is 0.0994 e. The summed E-state index contributed by atoms with van der Waals surface area (Å²) in [5, 5.41) is 8.70. The Labute approximate surface area is 85.2 Å². The number of nitrogens with zero attached hydrogens (tertiary/aromatic N) is 1. The maximum absolute atomic E-state index is 9.50. The predicted octanol–water partition coefficient (Wildman–Crippen LogP) is 3.58. The maximum Gasteiger partial charge on any atom is 0.0994 e. The van der Waals surface area contributed by atoms with Crippen molar-refractivity contribution in [3.8, 4) is 6.07 Å². The van der Waals surface area contributed by atoms with E-state index < -0.39 is 0 Å². The largest absolute Gasteiger partial charge is 0.255 e. The normalized spacial score (nSPS) is 8.93. The van der Waals surface area contributed by atoms with Gasteiger partial charge in [0.1, 0.15) is 0 Å². The highest BCUT2D eigenvalue weighted by Crippen LogP contribution is 2.17. The van der Waals surface area contributed by atoms with Gasteiger partial charge >= 0.3 is 0 Å². The van der Waals surface area contributed by atoms with Crippen molar-refractivity contribution in [3.63, 3.8) is 0 Å². The Morgan fingerprint density at radius 1 is 1.29 bits per heavy atom. The third-order valence-electron chi connectivity index (χ3n) is 2.04. The zero-order chi connectivity index (χ0) is 11.1. The van der Waals surface area contributed by atoms with E-state index in [9.17, 15) is 4.39 Å². The molecule has 0 aliphatic heterocycles. The number of benzene rings is 1. The summed E-state index contributed by atoms with van der Waals surface area (Å²) in [7, 11) is 0.500. The molecular formula is C12H16FN. The number of hydrogen-bond donors (Lipinski definition) is 0. The molecule has 1 rings (SSSR count). The highest BCUT2D eigenvalue weighted by molar-refractivity contribution is 5.40. The summed E-state index contributed by atoms with van der Waals surface area (Å²) in [6.07, 6.45) is 0. The molecule has 0 saturated heterocycles. The van der Waals surface area contributed by atoms with Crippen molar-refractivity contribution in [2.45, 2.75) is 26.7 Å². The zero-order valence-corrected chi connectivity index (χ0v) is 9.13. The lowest BCUT2D eigenvalue weighted by atomic mass is 9.98. The minimum atomic E-state index is 0.500. The van der Waals surface area contributed by atoms with Crippen molar-refractivity contribution in [2.24, 2.45) is 0 Å². The van der Waals surface area contributed by atoms with Gasteiger partial charge in [0.25, 0.3) is 0 Å². The minimum Gasteiger partial charge on any atom is -0.255 e. The summed E-state index contributed by atoms with van der Waals surface area (Å²) < 4.78 is 9.50. The van der Waals surface area contributed by atoms with Crippen LogP contribution in [0.3, 0.4) is 0 Å². The summed E-state index contributed by atoms with van der Waals surface area (Å²) in [4.78, 5) is 0. The second-order valence-corrected chi connectivity index (χ2v) is 3.34. The third-order valence-corrected chi connectivity index (χ3v) is 2.04. The SMILES string of the molecule is CF.Cc1cc(C(C)C)ccc1C#N. The van der Waals surface area contributed by atoms with Gasteiger partial charge in [0, 0.05) is 0 Å². The number of hydrogen-bond acceptors (Lipinski definition) is 1. The van der Waals surface area contributed by atoms with Crippen molar-refractivity contribution < 1.29 is 4.39 Å². The van der Waals surface area contributed by atoms with E-state index >= 15 is 0 Å². The molecule has 1 aromatic rings.